The van der Waals surface area contributed by atoms with Gasteiger partial charge in [-0.3, -0.25) is 4.79 Å². The van der Waals surface area contributed by atoms with Crippen molar-refractivity contribution in [2.45, 2.75) is 38.6 Å². The molecule has 0 N–H and O–H groups in total. The van der Waals surface area contributed by atoms with Crippen LogP contribution >= 0.6 is 0 Å². The predicted octanol–water partition coefficient (Wildman–Crippen LogP) is 4.29. The molecule has 0 radical (unpaired) electrons. The van der Waals surface area contributed by atoms with Crippen molar-refractivity contribution < 1.29 is 14.3 Å². The van der Waals surface area contributed by atoms with Crippen LogP contribution in [0.25, 0.3) is 11.1 Å². The van der Waals surface area contributed by atoms with Crippen molar-refractivity contribution in [3.05, 3.63) is 60.2 Å². The lowest BCUT2D eigenvalue weighted by Gasteiger charge is -2.29. The Bertz CT molecular complexity index is 748. The third kappa shape index (κ3) is 4.43. The van der Waals surface area contributed by atoms with Crippen molar-refractivity contribution in [3.63, 3.8) is 0 Å². The lowest BCUT2D eigenvalue weighted by Crippen LogP contribution is -2.37. The quantitative estimate of drug-likeness (QED) is 0.430. The Kier molecular flexibility index (Phi) is 6.26. The first-order valence-corrected chi connectivity index (χ1v) is 8.41. The van der Waals surface area contributed by atoms with E-state index in [-0.39, 0.29) is 12.0 Å². The van der Waals surface area contributed by atoms with Gasteiger partial charge in [0, 0.05) is 0 Å². The smallest absolute Gasteiger partial charge is 0.316 e. The Hall–Kier alpha value is -2.71. The normalized spacial score (nSPS) is 14.0. The van der Waals surface area contributed by atoms with Gasteiger partial charge in [0.25, 0.3) is 0 Å². The van der Waals surface area contributed by atoms with Crippen LogP contribution in [-0.2, 0) is 19.7 Å². The zero-order valence-electron chi connectivity index (χ0n) is 14.9. The fraction of sp³-hybridized carbons (Fsp3) is 0.333. The summed E-state index contributed by atoms with van der Waals surface area (Å²) in [5.41, 5.74) is 2.17. The molecule has 2 atom stereocenters. The first-order valence-electron chi connectivity index (χ1n) is 8.41. The third-order valence-electron chi connectivity index (χ3n) is 4.33. The van der Waals surface area contributed by atoms with E-state index in [1.807, 2.05) is 61.5 Å². The Morgan fingerprint density at radius 1 is 1.12 bits per heavy atom. The highest BCUT2D eigenvalue weighted by Crippen LogP contribution is 2.33. The van der Waals surface area contributed by atoms with Crippen LogP contribution in [0.15, 0.2) is 59.6 Å². The van der Waals surface area contributed by atoms with Crippen LogP contribution < -0.4 is 0 Å². The number of aliphatic imine (C=N–C) groups is 1. The first kappa shape index (κ1) is 18.6. The molecule has 0 aliphatic carbocycles. The Morgan fingerprint density at radius 3 is 2.28 bits per heavy atom. The maximum atomic E-state index is 12.6. The minimum Gasteiger partial charge on any atom is -0.465 e. The van der Waals surface area contributed by atoms with Crippen LogP contribution in [0.5, 0.6) is 0 Å². The molecule has 0 saturated heterocycles. The second kappa shape index (κ2) is 8.41. The lowest BCUT2D eigenvalue weighted by atomic mass is 9.77. The number of ether oxygens (including phenoxy) is 1. The Morgan fingerprint density at radius 2 is 1.72 bits per heavy atom. The molecule has 2 aromatic carbocycles. The molecule has 0 aliphatic heterocycles. The standard InChI is InChI=1S/C21H23NO3/c1-4-25-20(24)21(3,14-16(2)22-15-23)19-12-10-18(11-13-19)17-8-6-5-7-9-17/h5-13,16H,4,14H2,1-3H3. The summed E-state index contributed by atoms with van der Waals surface area (Å²) in [5, 5.41) is 0. The number of benzene rings is 2. The number of carbonyl (C=O) groups excluding carboxylic acids is 2. The summed E-state index contributed by atoms with van der Waals surface area (Å²) in [6, 6.07) is 17.6. The number of nitrogens with zero attached hydrogens (tertiary/aromatic N) is 1. The summed E-state index contributed by atoms with van der Waals surface area (Å²) in [7, 11) is 0. The first-order chi connectivity index (χ1) is 12.0. The minimum atomic E-state index is -0.870. The maximum Gasteiger partial charge on any atom is 0.316 e. The summed E-state index contributed by atoms with van der Waals surface area (Å²) in [6.45, 7) is 5.71. The van der Waals surface area contributed by atoms with E-state index in [0.717, 1.165) is 16.7 Å². The number of esters is 1. The number of rotatable bonds is 7. The Labute approximate surface area is 148 Å². The molecule has 0 spiro atoms. The van der Waals surface area contributed by atoms with E-state index in [4.69, 9.17) is 4.74 Å². The predicted molar refractivity (Wildman–Crippen MR) is 98.1 cm³/mol. The Balaban J connectivity index is 2.36. The van der Waals surface area contributed by atoms with Crippen LogP contribution in [0, 0.1) is 0 Å². The second-order valence-electron chi connectivity index (χ2n) is 6.27. The van der Waals surface area contributed by atoms with Crippen LogP contribution in [0.4, 0.5) is 0 Å². The molecule has 0 amide bonds. The molecule has 0 aromatic heterocycles. The number of hydrogen-bond donors (Lipinski definition) is 0. The molecular weight excluding hydrogens is 314 g/mol. The lowest BCUT2D eigenvalue weighted by molar-refractivity contribution is -0.150. The van der Waals surface area contributed by atoms with E-state index < -0.39 is 5.41 Å². The van der Waals surface area contributed by atoms with Gasteiger partial charge < -0.3 is 4.74 Å². The topological polar surface area (TPSA) is 55.7 Å². The zero-order valence-corrected chi connectivity index (χ0v) is 14.9. The highest BCUT2D eigenvalue weighted by molar-refractivity contribution is 5.83. The fourth-order valence-corrected chi connectivity index (χ4v) is 3.00. The van der Waals surface area contributed by atoms with Crippen molar-refractivity contribution in [1.82, 2.24) is 0 Å². The minimum absolute atomic E-state index is 0.307. The summed E-state index contributed by atoms with van der Waals surface area (Å²) < 4.78 is 5.28. The van der Waals surface area contributed by atoms with E-state index >= 15 is 0 Å². The van der Waals surface area contributed by atoms with Gasteiger partial charge in [0.1, 0.15) is 0 Å². The summed E-state index contributed by atoms with van der Waals surface area (Å²) >= 11 is 0. The van der Waals surface area contributed by atoms with Gasteiger partial charge >= 0.3 is 5.97 Å². The van der Waals surface area contributed by atoms with Gasteiger partial charge in [-0.1, -0.05) is 54.6 Å². The average Bonchev–Trinajstić information content (AvgIpc) is 2.63. The van der Waals surface area contributed by atoms with Crippen LogP contribution in [-0.4, -0.2) is 24.7 Å². The summed E-state index contributed by atoms with van der Waals surface area (Å²) in [5.74, 6) is -0.310. The second-order valence-corrected chi connectivity index (χ2v) is 6.27. The molecular formula is C21H23NO3. The zero-order chi connectivity index (χ0) is 18.3. The summed E-state index contributed by atoms with van der Waals surface area (Å²) in [6.07, 6.45) is 1.95. The maximum absolute atomic E-state index is 12.6. The molecule has 4 heteroatoms. The van der Waals surface area contributed by atoms with E-state index in [1.165, 1.54) is 0 Å². The van der Waals surface area contributed by atoms with Gasteiger partial charge in [-0.15, -0.1) is 0 Å². The SMILES string of the molecule is CCOC(=O)C(C)(CC(C)N=C=O)c1ccc(-c2ccccc2)cc1. The molecule has 0 saturated carbocycles. The molecule has 0 aliphatic rings. The van der Waals surface area contributed by atoms with E-state index in [2.05, 4.69) is 4.99 Å². The van der Waals surface area contributed by atoms with Gasteiger partial charge in [-0.2, -0.15) is 0 Å². The highest BCUT2D eigenvalue weighted by atomic mass is 16.5. The van der Waals surface area contributed by atoms with Crippen LogP contribution in [0.2, 0.25) is 0 Å². The molecule has 0 heterocycles. The van der Waals surface area contributed by atoms with E-state index in [1.54, 1.807) is 19.9 Å². The average molecular weight is 337 g/mol. The fourth-order valence-electron chi connectivity index (χ4n) is 3.00. The molecule has 0 fully saturated rings. The molecule has 2 aromatic rings. The van der Waals surface area contributed by atoms with Crippen LogP contribution in [0.1, 0.15) is 32.8 Å². The van der Waals surface area contributed by atoms with Crippen molar-refractivity contribution in [2.75, 3.05) is 6.61 Å². The molecule has 2 unspecified atom stereocenters. The highest BCUT2D eigenvalue weighted by Gasteiger charge is 2.38. The number of hydrogen-bond acceptors (Lipinski definition) is 4. The van der Waals surface area contributed by atoms with Gasteiger partial charge in [-0.05, 0) is 43.9 Å². The van der Waals surface area contributed by atoms with Gasteiger partial charge in [0.2, 0.25) is 6.08 Å². The number of carbonyl (C=O) groups is 1. The monoisotopic (exact) mass is 337 g/mol. The van der Waals surface area contributed by atoms with Gasteiger partial charge in [0.05, 0.1) is 18.1 Å². The largest absolute Gasteiger partial charge is 0.465 e. The summed E-state index contributed by atoms with van der Waals surface area (Å²) in [4.78, 5) is 26.9. The molecule has 0 bridgehead atoms. The van der Waals surface area contributed by atoms with Crippen molar-refractivity contribution >= 4 is 12.0 Å². The third-order valence-corrected chi connectivity index (χ3v) is 4.33. The van der Waals surface area contributed by atoms with Gasteiger partial charge in [0.15, 0.2) is 0 Å². The molecule has 25 heavy (non-hydrogen) atoms. The van der Waals surface area contributed by atoms with Crippen LogP contribution in [0.3, 0.4) is 0 Å². The molecule has 4 nitrogen and oxygen atoms in total. The molecule has 130 valence electrons. The van der Waals surface area contributed by atoms with Crippen molar-refractivity contribution in [2.24, 2.45) is 4.99 Å². The van der Waals surface area contributed by atoms with E-state index in [9.17, 15) is 9.59 Å². The van der Waals surface area contributed by atoms with Crippen molar-refractivity contribution in [3.8, 4) is 11.1 Å². The van der Waals surface area contributed by atoms with E-state index in [0.29, 0.717) is 13.0 Å². The number of isocyanates is 1. The van der Waals surface area contributed by atoms with Crippen molar-refractivity contribution in [1.29, 1.82) is 0 Å². The molecule has 2 rings (SSSR count). The van der Waals surface area contributed by atoms with Gasteiger partial charge in [-0.25, -0.2) is 9.79 Å².